The van der Waals surface area contributed by atoms with Crippen LogP contribution < -0.4 is 16.0 Å². The highest BCUT2D eigenvalue weighted by Gasteiger charge is 2.41. The van der Waals surface area contributed by atoms with Gasteiger partial charge in [0.2, 0.25) is 5.91 Å². The maximum atomic E-state index is 13.3. The molecule has 9 heteroatoms. The highest BCUT2D eigenvalue weighted by atomic mass is 16.3. The third kappa shape index (κ3) is 3.50. The van der Waals surface area contributed by atoms with Crippen molar-refractivity contribution < 1.29 is 9.21 Å². The van der Waals surface area contributed by atoms with E-state index in [-0.39, 0.29) is 12.5 Å². The van der Waals surface area contributed by atoms with Gasteiger partial charge in [-0.25, -0.2) is 15.0 Å². The number of hydrogen-bond donors (Lipinski definition) is 3. The molecule has 9 nitrogen and oxygen atoms in total. The van der Waals surface area contributed by atoms with Gasteiger partial charge in [-0.2, -0.15) is 0 Å². The van der Waals surface area contributed by atoms with Crippen LogP contribution >= 0.6 is 0 Å². The molecule has 0 saturated carbocycles. The van der Waals surface area contributed by atoms with Crippen molar-refractivity contribution in [2.45, 2.75) is 19.8 Å². The number of carbonyl (C=O) groups excluding carboxylic acids is 1. The molecule has 1 amide bonds. The minimum atomic E-state index is -0.627. The SMILES string of the molecule is Cc1c[nH]c2ncnc(N3CCC(CN)(C(=O)Nc4cccc(-c5cnco5)c4)CC3)c12. The Labute approximate surface area is 185 Å². The van der Waals surface area contributed by atoms with E-state index < -0.39 is 5.41 Å². The standard InChI is InChI=1S/C23H25N7O2/c1-15-10-26-20-19(15)21(28-13-27-20)30-7-5-23(12-24,6-8-30)22(31)29-17-4-2-3-16(9-17)18-11-25-14-32-18/h2-4,9-11,13-14H,5-8,12,24H2,1H3,(H,29,31)(H,26,27,28). The number of hydrogen-bond acceptors (Lipinski definition) is 7. The first-order valence-corrected chi connectivity index (χ1v) is 10.6. The molecule has 1 fully saturated rings. The zero-order valence-corrected chi connectivity index (χ0v) is 17.8. The Bertz CT molecular complexity index is 1240. The summed E-state index contributed by atoms with van der Waals surface area (Å²) in [6.45, 7) is 3.72. The average Bonchev–Trinajstić information content (AvgIpc) is 3.50. The Hall–Kier alpha value is -3.72. The maximum absolute atomic E-state index is 13.3. The van der Waals surface area contributed by atoms with Gasteiger partial charge in [0.1, 0.15) is 17.8 Å². The molecular formula is C23H25N7O2. The summed E-state index contributed by atoms with van der Waals surface area (Å²) >= 11 is 0. The van der Waals surface area contributed by atoms with E-state index in [4.69, 9.17) is 10.2 Å². The van der Waals surface area contributed by atoms with Gasteiger partial charge in [0.05, 0.1) is 17.0 Å². The van der Waals surface area contributed by atoms with Crippen molar-refractivity contribution in [1.29, 1.82) is 0 Å². The summed E-state index contributed by atoms with van der Waals surface area (Å²) in [5, 5.41) is 4.09. The Balaban J connectivity index is 1.32. The van der Waals surface area contributed by atoms with E-state index in [1.165, 1.54) is 6.39 Å². The van der Waals surface area contributed by atoms with Crippen molar-refractivity contribution >= 4 is 28.4 Å². The van der Waals surface area contributed by atoms with E-state index in [0.29, 0.717) is 37.4 Å². The van der Waals surface area contributed by atoms with Gasteiger partial charge in [-0.15, -0.1) is 0 Å². The lowest BCUT2D eigenvalue weighted by Gasteiger charge is -2.40. The van der Waals surface area contributed by atoms with E-state index >= 15 is 0 Å². The number of oxazole rings is 1. The first-order chi connectivity index (χ1) is 15.6. The molecule has 0 bridgehead atoms. The predicted molar refractivity (Wildman–Crippen MR) is 122 cm³/mol. The molecule has 4 heterocycles. The Morgan fingerprint density at radius 1 is 1.31 bits per heavy atom. The van der Waals surface area contributed by atoms with Crippen LogP contribution in [-0.4, -0.2) is 45.5 Å². The van der Waals surface area contributed by atoms with Gasteiger partial charge in [-0.3, -0.25) is 4.79 Å². The van der Waals surface area contributed by atoms with Crippen molar-refractivity contribution in [1.82, 2.24) is 19.9 Å². The number of aromatic amines is 1. The van der Waals surface area contributed by atoms with Crippen LogP contribution in [-0.2, 0) is 4.79 Å². The van der Waals surface area contributed by atoms with Crippen molar-refractivity contribution in [2.24, 2.45) is 11.1 Å². The van der Waals surface area contributed by atoms with Crippen LogP contribution in [0.1, 0.15) is 18.4 Å². The van der Waals surface area contributed by atoms with E-state index in [2.05, 4.69) is 30.2 Å². The molecule has 1 aliphatic rings. The van der Waals surface area contributed by atoms with Gasteiger partial charge in [0.25, 0.3) is 0 Å². The van der Waals surface area contributed by atoms with Gasteiger partial charge >= 0.3 is 0 Å². The minimum Gasteiger partial charge on any atom is -0.444 e. The molecule has 1 aromatic carbocycles. The van der Waals surface area contributed by atoms with Crippen molar-refractivity contribution in [3.8, 4) is 11.3 Å². The van der Waals surface area contributed by atoms with Gasteiger partial charge in [-0.1, -0.05) is 12.1 Å². The second kappa shape index (κ2) is 8.08. The van der Waals surface area contributed by atoms with Crippen LogP contribution in [0.15, 0.2) is 53.8 Å². The number of rotatable bonds is 5. The maximum Gasteiger partial charge on any atom is 0.232 e. The number of carbonyl (C=O) groups is 1. The highest BCUT2D eigenvalue weighted by Crippen LogP contribution is 2.36. The molecule has 0 spiro atoms. The summed E-state index contributed by atoms with van der Waals surface area (Å²) in [6.07, 6.45) is 7.84. The van der Waals surface area contributed by atoms with Crippen molar-refractivity contribution in [3.63, 3.8) is 0 Å². The summed E-state index contributed by atoms with van der Waals surface area (Å²) < 4.78 is 5.36. The minimum absolute atomic E-state index is 0.0555. The van der Waals surface area contributed by atoms with Crippen LogP contribution in [0.2, 0.25) is 0 Å². The first-order valence-electron chi connectivity index (χ1n) is 10.6. The molecule has 4 aromatic rings. The van der Waals surface area contributed by atoms with E-state index in [1.54, 1.807) is 12.5 Å². The molecule has 0 atom stereocenters. The zero-order valence-electron chi connectivity index (χ0n) is 17.8. The number of anilines is 2. The number of aryl methyl sites for hydroxylation is 1. The number of benzene rings is 1. The van der Waals surface area contributed by atoms with E-state index in [1.807, 2.05) is 37.4 Å². The van der Waals surface area contributed by atoms with E-state index in [9.17, 15) is 4.79 Å². The van der Waals surface area contributed by atoms with Crippen LogP contribution in [0.4, 0.5) is 11.5 Å². The van der Waals surface area contributed by atoms with Gasteiger partial charge < -0.3 is 25.4 Å². The van der Waals surface area contributed by atoms with Crippen LogP contribution in [0.3, 0.4) is 0 Å². The number of amides is 1. The fourth-order valence-electron chi connectivity index (χ4n) is 4.38. The Morgan fingerprint density at radius 3 is 2.91 bits per heavy atom. The molecule has 0 unspecified atom stereocenters. The number of piperidine rings is 1. The molecule has 5 rings (SSSR count). The number of nitrogens with two attached hydrogens (primary N) is 1. The summed E-state index contributed by atoms with van der Waals surface area (Å²) in [5.41, 5.74) is 9.02. The largest absolute Gasteiger partial charge is 0.444 e. The average molecular weight is 432 g/mol. The van der Waals surface area contributed by atoms with Gasteiger partial charge in [0, 0.05) is 37.1 Å². The molecule has 32 heavy (non-hydrogen) atoms. The van der Waals surface area contributed by atoms with Crippen LogP contribution in [0.25, 0.3) is 22.4 Å². The van der Waals surface area contributed by atoms with Crippen LogP contribution in [0.5, 0.6) is 0 Å². The second-order valence-corrected chi connectivity index (χ2v) is 8.26. The Morgan fingerprint density at radius 2 is 2.16 bits per heavy atom. The van der Waals surface area contributed by atoms with Crippen molar-refractivity contribution in [2.75, 3.05) is 29.9 Å². The lowest BCUT2D eigenvalue weighted by Crippen LogP contribution is -2.50. The number of aromatic nitrogens is 4. The molecule has 1 aliphatic heterocycles. The molecule has 4 N–H and O–H groups in total. The number of nitrogens with zero attached hydrogens (tertiary/aromatic N) is 4. The summed E-state index contributed by atoms with van der Waals surface area (Å²) in [6, 6.07) is 7.54. The normalized spacial score (nSPS) is 15.8. The molecule has 0 radical (unpaired) electrons. The van der Waals surface area contributed by atoms with E-state index in [0.717, 1.165) is 28.0 Å². The van der Waals surface area contributed by atoms with Gasteiger partial charge in [0.15, 0.2) is 12.2 Å². The summed E-state index contributed by atoms with van der Waals surface area (Å²) in [4.78, 5) is 31.5. The quantitative estimate of drug-likeness (QED) is 0.443. The van der Waals surface area contributed by atoms with Crippen molar-refractivity contribution in [3.05, 3.63) is 54.9 Å². The number of nitrogens with one attached hydrogen (secondary N) is 2. The Kier molecular flexibility index (Phi) is 5.10. The first kappa shape index (κ1) is 20.2. The lowest BCUT2D eigenvalue weighted by atomic mass is 9.77. The summed E-state index contributed by atoms with van der Waals surface area (Å²) in [5.74, 6) is 1.50. The molecule has 164 valence electrons. The number of fused-ring (bicyclic) bond motifs is 1. The van der Waals surface area contributed by atoms with Gasteiger partial charge in [-0.05, 0) is 37.5 Å². The molecule has 0 aliphatic carbocycles. The monoisotopic (exact) mass is 431 g/mol. The summed E-state index contributed by atoms with van der Waals surface area (Å²) in [7, 11) is 0. The fraction of sp³-hybridized carbons (Fsp3) is 0.304. The highest BCUT2D eigenvalue weighted by molar-refractivity contribution is 5.96. The topological polar surface area (TPSA) is 126 Å². The molecular weight excluding hydrogens is 406 g/mol. The fourth-order valence-corrected chi connectivity index (χ4v) is 4.38. The second-order valence-electron chi connectivity index (χ2n) is 8.26. The molecule has 3 aromatic heterocycles. The predicted octanol–water partition coefficient (Wildman–Crippen LogP) is 3.11. The molecule has 1 saturated heterocycles. The lowest BCUT2D eigenvalue weighted by molar-refractivity contribution is -0.126. The smallest absolute Gasteiger partial charge is 0.232 e. The number of H-pyrrole nitrogens is 1. The third-order valence-corrected chi connectivity index (χ3v) is 6.38. The zero-order chi connectivity index (χ0) is 22.1. The third-order valence-electron chi connectivity index (χ3n) is 6.38. The van der Waals surface area contributed by atoms with Crippen LogP contribution in [0, 0.1) is 12.3 Å².